The Hall–Kier alpha value is 0.310. The van der Waals surface area contributed by atoms with Gasteiger partial charge in [-0.3, -0.25) is 4.99 Å². The lowest BCUT2D eigenvalue weighted by molar-refractivity contribution is -0.0835. The number of thioether (sulfide) groups is 1. The van der Waals surface area contributed by atoms with Crippen molar-refractivity contribution in [2.24, 2.45) is 16.3 Å². The van der Waals surface area contributed by atoms with Crippen LogP contribution in [0.4, 0.5) is 0 Å². The van der Waals surface area contributed by atoms with Gasteiger partial charge in [-0.1, -0.05) is 20.8 Å². The molecule has 2 atom stereocenters. The molecule has 2 unspecified atom stereocenters. The summed E-state index contributed by atoms with van der Waals surface area (Å²) in [5.74, 6) is 2.66. The van der Waals surface area contributed by atoms with Gasteiger partial charge in [0.2, 0.25) is 0 Å². The maximum atomic E-state index is 6.03. The molecule has 0 amide bonds. The molecule has 1 aliphatic rings. The van der Waals surface area contributed by atoms with Crippen molar-refractivity contribution in [2.45, 2.75) is 46.1 Å². The second-order valence-corrected chi connectivity index (χ2v) is 7.77. The van der Waals surface area contributed by atoms with Gasteiger partial charge in [-0.15, -0.1) is 24.0 Å². The van der Waals surface area contributed by atoms with E-state index in [-0.39, 0.29) is 29.4 Å². The highest BCUT2D eigenvalue weighted by molar-refractivity contribution is 14.0. The SMILES string of the molecule is CN=C(NCCCSC)NCC1CCCOC1C(C)(C)C.I. The highest BCUT2D eigenvalue weighted by Crippen LogP contribution is 2.33. The highest BCUT2D eigenvalue weighted by Gasteiger charge is 2.35. The molecule has 1 fully saturated rings. The molecule has 6 heteroatoms. The molecule has 0 aromatic carbocycles. The van der Waals surface area contributed by atoms with Crippen LogP contribution in [0.25, 0.3) is 0 Å². The van der Waals surface area contributed by atoms with Crippen LogP contribution in [0.3, 0.4) is 0 Å². The van der Waals surface area contributed by atoms with Gasteiger partial charge in [-0.25, -0.2) is 0 Å². The minimum atomic E-state index is 0. The summed E-state index contributed by atoms with van der Waals surface area (Å²) >= 11 is 1.88. The zero-order chi connectivity index (χ0) is 15.7. The first kappa shape index (κ1) is 22.3. The fourth-order valence-corrected chi connectivity index (χ4v) is 3.31. The minimum Gasteiger partial charge on any atom is -0.377 e. The van der Waals surface area contributed by atoms with Crippen LogP contribution in [0, 0.1) is 11.3 Å². The normalized spacial score (nSPS) is 22.9. The maximum absolute atomic E-state index is 6.03. The number of guanidine groups is 1. The summed E-state index contributed by atoms with van der Waals surface area (Å²) in [5, 5.41) is 6.85. The summed E-state index contributed by atoms with van der Waals surface area (Å²) in [7, 11) is 1.84. The first-order valence-corrected chi connectivity index (χ1v) is 9.43. The molecule has 1 heterocycles. The Labute approximate surface area is 158 Å². The van der Waals surface area contributed by atoms with E-state index >= 15 is 0 Å². The Morgan fingerprint density at radius 3 is 2.64 bits per heavy atom. The molecule has 132 valence electrons. The van der Waals surface area contributed by atoms with Crippen LogP contribution in [-0.4, -0.2) is 50.8 Å². The van der Waals surface area contributed by atoms with E-state index in [1.54, 1.807) is 0 Å². The van der Waals surface area contributed by atoms with Crippen molar-refractivity contribution in [3.05, 3.63) is 0 Å². The molecule has 2 N–H and O–H groups in total. The summed E-state index contributed by atoms with van der Waals surface area (Å²) in [5.41, 5.74) is 0.196. The number of nitrogens with one attached hydrogen (secondary N) is 2. The Balaban J connectivity index is 0.00000441. The molecule has 4 nitrogen and oxygen atoms in total. The molecule has 0 spiro atoms. The van der Waals surface area contributed by atoms with Gasteiger partial charge in [0.25, 0.3) is 0 Å². The predicted molar refractivity (Wildman–Crippen MR) is 110 cm³/mol. The van der Waals surface area contributed by atoms with Crippen molar-refractivity contribution in [1.82, 2.24) is 10.6 Å². The largest absolute Gasteiger partial charge is 0.377 e. The number of nitrogens with zero attached hydrogens (tertiary/aromatic N) is 1. The zero-order valence-electron chi connectivity index (χ0n) is 14.8. The fourth-order valence-electron chi connectivity index (χ4n) is 2.88. The summed E-state index contributed by atoms with van der Waals surface area (Å²) in [6.45, 7) is 9.62. The number of aliphatic imine (C=N–C) groups is 1. The van der Waals surface area contributed by atoms with Crippen molar-refractivity contribution in [2.75, 3.05) is 38.8 Å². The third kappa shape index (κ3) is 8.24. The van der Waals surface area contributed by atoms with Crippen LogP contribution >= 0.6 is 35.7 Å². The van der Waals surface area contributed by atoms with Gasteiger partial charge in [0, 0.05) is 32.7 Å². The van der Waals surface area contributed by atoms with Gasteiger partial charge in [0.05, 0.1) is 6.10 Å². The van der Waals surface area contributed by atoms with Crippen LogP contribution in [-0.2, 0) is 4.74 Å². The Bertz CT molecular complexity index is 321. The van der Waals surface area contributed by atoms with E-state index in [9.17, 15) is 0 Å². The average Bonchev–Trinajstić information content (AvgIpc) is 2.46. The molecule has 0 aliphatic carbocycles. The lowest BCUT2D eigenvalue weighted by atomic mass is 9.78. The topological polar surface area (TPSA) is 45.7 Å². The molecule has 0 saturated carbocycles. The van der Waals surface area contributed by atoms with Crippen molar-refractivity contribution in [3.8, 4) is 0 Å². The second-order valence-electron chi connectivity index (χ2n) is 6.79. The van der Waals surface area contributed by atoms with Gasteiger partial charge >= 0.3 is 0 Å². The number of rotatable bonds is 6. The minimum absolute atomic E-state index is 0. The van der Waals surface area contributed by atoms with Crippen LogP contribution < -0.4 is 10.6 Å². The highest BCUT2D eigenvalue weighted by atomic mass is 127. The molecule has 0 aromatic rings. The number of hydrogen-bond donors (Lipinski definition) is 2. The summed E-state index contributed by atoms with van der Waals surface area (Å²) in [6, 6.07) is 0. The molecule has 1 saturated heterocycles. The molecule has 22 heavy (non-hydrogen) atoms. The fraction of sp³-hybridized carbons (Fsp3) is 0.938. The maximum Gasteiger partial charge on any atom is 0.190 e. The number of halogens is 1. The quantitative estimate of drug-likeness (QED) is 0.286. The van der Waals surface area contributed by atoms with Crippen molar-refractivity contribution in [3.63, 3.8) is 0 Å². The van der Waals surface area contributed by atoms with Crippen molar-refractivity contribution in [1.29, 1.82) is 0 Å². The first-order chi connectivity index (χ1) is 9.99. The van der Waals surface area contributed by atoms with E-state index in [1.165, 1.54) is 25.0 Å². The number of hydrogen-bond acceptors (Lipinski definition) is 3. The Morgan fingerprint density at radius 2 is 2.05 bits per heavy atom. The summed E-state index contributed by atoms with van der Waals surface area (Å²) in [6.07, 6.45) is 6.03. The monoisotopic (exact) mass is 443 g/mol. The Morgan fingerprint density at radius 1 is 1.32 bits per heavy atom. The molecule has 1 rings (SSSR count). The Kier molecular flexibility index (Phi) is 12.0. The summed E-state index contributed by atoms with van der Waals surface area (Å²) < 4.78 is 6.03. The van der Waals surface area contributed by atoms with Gasteiger partial charge in [-0.2, -0.15) is 11.8 Å². The third-order valence-corrected chi connectivity index (χ3v) is 4.57. The van der Waals surface area contributed by atoms with Gasteiger partial charge < -0.3 is 15.4 Å². The van der Waals surface area contributed by atoms with E-state index in [0.717, 1.165) is 25.7 Å². The number of ether oxygens (including phenoxy) is 1. The molecule has 1 aliphatic heterocycles. The molecule has 0 aromatic heterocycles. The van der Waals surface area contributed by atoms with Crippen molar-refractivity contribution < 1.29 is 4.74 Å². The van der Waals surface area contributed by atoms with Crippen LogP contribution in [0.1, 0.15) is 40.0 Å². The average molecular weight is 443 g/mol. The summed E-state index contributed by atoms with van der Waals surface area (Å²) in [4.78, 5) is 4.30. The zero-order valence-corrected chi connectivity index (χ0v) is 17.9. The van der Waals surface area contributed by atoms with E-state index in [1.807, 2.05) is 18.8 Å². The molecule has 0 bridgehead atoms. The lowest BCUT2D eigenvalue weighted by Crippen LogP contribution is -2.47. The molecular weight excluding hydrogens is 409 g/mol. The van der Waals surface area contributed by atoms with Crippen LogP contribution in [0.15, 0.2) is 4.99 Å². The van der Waals surface area contributed by atoms with E-state index in [2.05, 4.69) is 42.7 Å². The van der Waals surface area contributed by atoms with Crippen molar-refractivity contribution >= 4 is 41.7 Å². The van der Waals surface area contributed by atoms with E-state index in [4.69, 9.17) is 4.74 Å². The molecule has 0 radical (unpaired) electrons. The molecular formula is C16H34IN3OS. The van der Waals surface area contributed by atoms with E-state index < -0.39 is 0 Å². The predicted octanol–water partition coefficient (Wildman–Crippen LogP) is 3.36. The van der Waals surface area contributed by atoms with Gasteiger partial charge in [0.1, 0.15) is 0 Å². The lowest BCUT2D eigenvalue weighted by Gasteiger charge is -2.40. The second kappa shape index (κ2) is 11.8. The van der Waals surface area contributed by atoms with Gasteiger partial charge in [0.15, 0.2) is 5.96 Å². The van der Waals surface area contributed by atoms with Gasteiger partial charge in [-0.05, 0) is 36.7 Å². The van der Waals surface area contributed by atoms with E-state index in [0.29, 0.717) is 12.0 Å². The smallest absolute Gasteiger partial charge is 0.190 e. The standard InChI is InChI=1S/C16H33N3OS.HI/c1-16(2,3)14-13(8-6-10-20-14)12-19-15(17-4)18-9-7-11-21-5;/h13-14H,6-12H2,1-5H3,(H2,17,18,19);1H. The van der Waals surface area contributed by atoms with Crippen LogP contribution in [0.2, 0.25) is 0 Å². The van der Waals surface area contributed by atoms with Crippen LogP contribution in [0.5, 0.6) is 0 Å². The first-order valence-electron chi connectivity index (χ1n) is 8.04. The third-order valence-electron chi connectivity index (χ3n) is 3.87.